The Balaban J connectivity index is 1.54. The summed E-state index contributed by atoms with van der Waals surface area (Å²) in [6.07, 6.45) is 4.53. The number of ether oxygens (including phenoxy) is 1. The second kappa shape index (κ2) is 7.90. The lowest BCUT2D eigenvalue weighted by Gasteiger charge is -2.07. The van der Waals surface area contributed by atoms with Crippen molar-refractivity contribution in [1.29, 1.82) is 0 Å². The molecule has 0 unspecified atom stereocenters. The molecular weight excluding hydrogens is 252 g/mol. The smallest absolute Gasteiger partial charge is 0.233 e. The van der Waals surface area contributed by atoms with Gasteiger partial charge in [0, 0.05) is 6.54 Å². The zero-order chi connectivity index (χ0) is 14.2. The van der Waals surface area contributed by atoms with Crippen LogP contribution in [0.5, 0.6) is 5.75 Å². The number of benzene rings is 1. The lowest BCUT2D eigenvalue weighted by Crippen LogP contribution is -2.35. The fourth-order valence-electron chi connectivity index (χ4n) is 2.12. The minimum absolute atomic E-state index is 0.0938. The first-order chi connectivity index (χ1) is 9.78. The maximum absolute atomic E-state index is 11.6. The molecule has 0 aliphatic heterocycles. The van der Waals surface area contributed by atoms with Crippen LogP contribution in [0.1, 0.15) is 24.8 Å². The van der Waals surface area contributed by atoms with Gasteiger partial charge in [-0.2, -0.15) is 0 Å². The number of amides is 1. The largest absolute Gasteiger partial charge is 0.497 e. The molecule has 2 N–H and O–H groups in total. The van der Waals surface area contributed by atoms with Crippen molar-refractivity contribution in [2.24, 2.45) is 5.92 Å². The number of rotatable bonds is 9. The van der Waals surface area contributed by atoms with Gasteiger partial charge in [0.2, 0.25) is 5.91 Å². The van der Waals surface area contributed by atoms with E-state index in [2.05, 4.69) is 16.7 Å². The van der Waals surface area contributed by atoms with Gasteiger partial charge in [-0.05, 0) is 55.8 Å². The number of aryl methyl sites for hydroxylation is 1. The average molecular weight is 276 g/mol. The molecule has 20 heavy (non-hydrogen) atoms. The maximum Gasteiger partial charge on any atom is 0.233 e. The van der Waals surface area contributed by atoms with Gasteiger partial charge in [0.25, 0.3) is 0 Å². The summed E-state index contributed by atoms with van der Waals surface area (Å²) in [6.45, 7) is 2.15. The molecule has 1 amide bonds. The molecule has 0 heterocycles. The predicted molar refractivity (Wildman–Crippen MR) is 79.9 cm³/mol. The molecule has 1 aliphatic carbocycles. The van der Waals surface area contributed by atoms with E-state index >= 15 is 0 Å². The van der Waals surface area contributed by atoms with E-state index in [0.717, 1.165) is 37.6 Å². The number of methoxy groups -OCH3 is 1. The molecule has 0 aromatic heterocycles. The van der Waals surface area contributed by atoms with Gasteiger partial charge < -0.3 is 15.4 Å². The standard InChI is InChI=1S/C16H24N2O2/c1-20-15-6-2-4-13(10-15)5-3-9-18-16(19)12-17-11-14-7-8-14/h2,4,6,10,14,17H,3,5,7-9,11-12H2,1H3,(H,18,19). The molecule has 0 bridgehead atoms. The van der Waals surface area contributed by atoms with Crippen molar-refractivity contribution >= 4 is 5.91 Å². The van der Waals surface area contributed by atoms with E-state index in [9.17, 15) is 4.79 Å². The highest BCUT2D eigenvalue weighted by molar-refractivity contribution is 5.77. The van der Waals surface area contributed by atoms with Crippen molar-refractivity contribution in [2.45, 2.75) is 25.7 Å². The van der Waals surface area contributed by atoms with Gasteiger partial charge in [-0.25, -0.2) is 0 Å². The number of hydrogen-bond acceptors (Lipinski definition) is 3. The van der Waals surface area contributed by atoms with E-state index in [1.807, 2.05) is 18.2 Å². The van der Waals surface area contributed by atoms with Crippen LogP contribution in [0.2, 0.25) is 0 Å². The highest BCUT2D eigenvalue weighted by atomic mass is 16.5. The van der Waals surface area contributed by atoms with Crippen LogP contribution in [-0.2, 0) is 11.2 Å². The highest BCUT2D eigenvalue weighted by Crippen LogP contribution is 2.27. The lowest BCUT2D eigenvalue weighted by atomic mass is 10.1. The predicted octanol–water partition coefficient (Wildman–Crippen LogP) is 1.74. The van der Waals surface area contributed by atoms with E-state index < -0.39 is 0 Å². The van der Waals surface area contributed by atoms with Gasteiger partial charge in [0.15, 0.2) is 0 Å². The van der Waals surface area contributed by atoms with Gasteiger partial charge in [0.1, 0.15) is 5.75 Å². The first-order valence-corrected chi connectivity index (χ1v) is 7.38. The molecule has 4 heteroatoms. The van der Waals surface area contributed by atoms with Crippen LogP contribution in [0.4, 0.5) is 0 Å². The summed E-state index contributed by atoms with van der Waals surface area (Å²) in [5, 5.41) is 6.14. The minimum Gasteiger partial charge on any atom is -0.497 e. The van der Waals surface area contributed by atoms with Crippen molar-refractivity contribution in [2.75, 3.05) is 26.7 Å². The summed E-state index contributed by atoms with van der Waals surface area (Å²) in [5.74, 6) is 1.79. The van der Waals surface area contributed by atoms with E-state index in [1.165, 1.54) is 18.4 Å². The zero-order valence-electron chi connectivity index (χ0n) is 12.2. The summed E-state index contributed by atoms with van der Waals surface area (Å²) in [7, 11) is 1.67. The topological polar surface area (TPSA) is 50.4 Å². The fourth-order valence-corrected chi connectivity index (χ4v) is 2.12. The Hall–Kier alpha value is -1.55. The van der Waals surface area contributed by atoms with E-state index in [1.54, 1.807) is 7.11 Å². The Kier molecular flexibility index (Phi) is 5.87. The molecule has 1 aromatic carbocycles. The summed E-state index contributed by atoms with van der Waals surface area (Å²) >= 11 is 0. The van der Waals surface area contributed by atoms with Crippen LogP contribution in [0.3, 0.4) is 0 Å². The van der Waals surface area contributed by atoms with Gasteiger partial charge >= 0.3 is 0 Å². The monoisotopic (exact) mass is 276 g/mol. The lowest BCUT2D eigenvalue weighted by molar-refractivity contribution is -0.120. The van der Waals surface area contributed by atoms with E-state index in [0.29, 0.717) is 6.54 Å². The molecule has 0 radical (unpaired) electrons. The molecule has 0 saturated heterocycles. The molecule has 1 aromatic rings. The van der Waals surface area contributed by atoms with Crippen molar-refractivity contribution in [3.05, 3.63) is 29.8 Å². The van der Waals surface area contributed by atoms with Gasteiger partial charge in [-0.15, -0.1) is 0 Å². The van der Waals surface area contributed by atoms with Crippen LogP contribution in [0.15, 0.2) is 24.3 Å². The molecule has 1 aliphatic rings. The van der Waals surface area contributed by atoms with E-state index in [-0.39, 0.29) is 5.91 Å². The normalized spacial score (nSPS) is 14.1. The molecule has 1 saturated carbocycles. The molecular formula is C16H24N2O2. The Morgan fingerprint density at radius 2 is 2.25 bits per heavy atom. The fraction of sp³-hybridized carbons (Fsp3) is 0.562. The quantitative estimate of drug-likeness (QED) is 0.676. The first kappa shape index (κ1) is 14.9. The maximum atomic E-state index is 11.6. The number of carbonyl (C=O) groups excluding carboxylic acids is 1. The SMILES string of the molecule is COc1cccc(CCCNC(=O)CNCC2CC2)c1. The first-order valence-electron chi connectivity index (χ1n) is 7.38. The third-order valence-corrected chi connectivity index (χ3v) is 3.51. The molecule has 110 valence electrons. The van der Waals surface area contributed by atoms with Crippen LogP contribution in [-0.4, -0.2) is 32.7 Å². The zero-order valence-corrected chi connectivity index (χ0v) is 12.2. The molecule has 4 nitrogen and oxygen atoms in total. The average Bonchev–Trinajstić information content (AvgIpc) is 3.28. The number of nitrogens with one attached hydrogen (secondary N) is 2. The Labute approximate surface area is 120 Å². The van der Waals surface area contributed by atoms with Gasteiger partial charge in [0.05, 0.1) is 13.7 Å². The van der Waals surface area contributed by atoms with Crippen molar-refractivity contribution in [3.63, 3.8) is 0 Å². The molecule has 0 atom stereocenters. The van der Waals surface area contributed by atoms with Crippen LogP contribution < -0.4 is 15.4 Å². The van der Waals surface area contributed by atoms with Gasteiger partial charge in [-0.1, -0.05) is 12.1 Å². The van der Waals surface area contributed by atoms with Crippen molar-refractivity contribution in [1.82, 2.24) is 10.6 Å². The molecule has 1 fully saturated rings. The third-order valence-electron chi connectivity index (χ3n) is 3.51. The summed E-state index contributed by atoms with van der Waals surface area (Å²) < 4.78 is 5.19. The second-order valence-corrected chi connectivity index (χ2v) is 5.38. The molecule has 0 spiro atoms. The number of hydrogen-bond donors (Lipinski definition) is 2. The Morgan fingerprint density at radius 3 is 3.00 bits per heavy atom. The summed E-state index contributed by atoms with van der Waals surface area (Å²) in [5.41, 5.74) is 1.24. The summed E-state index contributed by atoms with van der Waals surface area (Å²) in [6, 6.07) is 8.06. The second-order valence-electron chi connectivity index (χ2n) is 5.38. The van der Waals surface area contributed by atoms with Crippen molar-refractivity contribution < 1.29 is 9.53 Å². The van der Waals surface area contributed by atoms with Crippen molar-refractivity contribution in [3.8, 4) is 5.75 Å². The van der Waals surface area contributed by atoms with Gasteiger partial charge in [-0.3, -0.25) is 4.79 Å². The van der Waals surface area contributed by atoms with Crippen LogP contribution >= 0.6 is 0 Å². The summed E-state index contributed by atoms with van der Waals surface area (Å²) in [4.78, 5) is 11.6. The number of carbonyl (C=O) groups is 1. The minimum atomic E-state index is 0.0938. The highest BCUT2D eigenvalue weighted by Gasteiger charge is 2.20. The van der Waals surface area contributed by atoms with Crippen LogP contribution in [0.25, 0.3) is 0 Å². The van der Waals surface area contributed by atoms with E-state index in [4.69, 9.17) is 4.74 Å². The molecule has 2 rings (SSSR count). The Morgan fingerprint density at radius 1 is 1.40 bits per heavy atom. The third kappa shape index (κ3) is 5.61. The van der Waals surface area contributed by atoms with Crippen LogP contribution in [0, 0.1) is 5.92 Å². The Bertz CT molecular complexity index is 430.